The molecule has 0 aromatic carbocycles. The Morgan fingerprint density at radius 2 is 2.20 bits per heavy atom. The Balaban J connectivity index is 3.87. The highest BCUT2D eigenvalue weighted by atomic mass is 32.2. The van der Waals surface area contributed by atoms with Crippen LogP contribution in [-0.4, -0.2) is 36.0 Å². The third-order valence-electron chi connectivity index (χ3n) is 2.20. The van der Waals surface area contributed by atoms with Gasteiger partial charge in [0.2, 0.25) is 5.91 Å². The molecule has 0 aromatic heterocycles. The van der Waals surface area contributed by atoms with Gasteiger partial charge in [-0.25, -0.2) is 0 Å². The van der Waals surface area contributed by atoms with Crippen LogP contribution in [0.4, 0.5) is 0 Å². The number of carbonyl (C=O) groups excluding carboxylic acids is 1. The van der Waals surface area contributed by atoms with Crippen LogP contribution in [0.25, 0.3) is 0 Å². The van der Waals surface area contributed by atoms with E-state index >= 15 is 0 Å². The largest absolute Gasteiger partial charge is 0.351 e. The third-order valence-corrected chi connectivity index (χ3v) is 3.45. The van der Waals surface area contributed by atoms with Gasteiger partial charge in [0, 0.05) is 17.8 Å². The predicted octanol–water partition coefficient (Wildman–Crippen LogP) is 1.41. The lowest BCUT2D eigenvalue weighted by Crippen LogP contribution is -2.46. The van der Waals surface area contributed by atoms with Crippen LogP contribution in [0.5, 0.6) is 0 Å². The second-order valence-corrected chi connectivity index (χ2v) is 5.61. The SMILES string of the molecule is C=CCNC(=O)C(C)NCC(C)(C)SC. The van der Waals surface area contributed by atoms with Gasteiger partial charge in [0.1, 0.15) is 0 Å². The van der Waals surface area contributed by atoms with Crippen molar-refractivity contribution >= 4 is 17.7 Å². The maximum Gasteiger partial charge on any atom is 0.237 e. The Hall–Kier alpha value is -0.480. The third kappa shape index (κ3) is 6.57. The molecule has 1 amide bonds. The van der Waals surface area contributed by atoms with Gasteiger partial charge < -0.3 is 10.6 Å². The fraction of sp³-hybridized carbons (Fsp3) is 0.727. The molecule has 1 atom stereocenters. The Labute approximate surface area is 97.1 Å². The number of thioether (sulfide) groups is 1. The van der Waals surface area contributed by atoms with Crippen molar-refractivity contribution in [3.8, 4) is 0 Å². The molecule has 0 aliphatic rings. The van der Waals surface area contributed by atoms with Crippen LogP contribution in [0.2, 0.25) is 0 Å². The molecular formula is C11H22N2OS. The first-order valence-corrected chi connectivity index (χ1v) is 6.32. The molecule has 0 aliphatic heterocycles. The molecule has 0 saturated carbocycles. The highest BCUT2D eigenvalue weighted by Gasteiger charge is 2.19. The molecule has 88 valence electrons. The summed E-state index contributed by atoms with van der Waals surface area (Å²) in [4.78, 5) is 11.5. The van der Waals surface area contributed by atoms with Crippen molar-refractivity contribution in [1.29, 1.82) is 0 Å². The standard InChI is InChI=1S/C11H22N2OS/c1-6-7-12-10(14)9(2)13-8-11(3,4)15-5/h6,9,13H,1,7-8H2,2-5H3,(H,12,14). The Morgan fingerprint density at radius 3 is 2.67 bits per heavy atom. The number of amides is 1. The highest BCUT2D eigenvalue weighted by Crippen LogP contribution is 2.19. The number of hydrogen-bond acceptors (Lipinski definition) is 3. The van der Waals surface area contributed by atoms with Crippen molar-refractivity contribution in [2.24, 2.45) is 0 Å². The minimum absolute atomic E-state index is 0.0202. The Kier molecular flexibility index (Phi) is 6.68. The van der Waals surface area contributed by atoms with Gasteiger partial charge in [0.25, 0.3) is 0 Å². The minimum atomic E-state index is -0.156. The first-order chi connectivity index (χ1) is 6.93. The zero-order chi connectivity index (χ0) is 11.9. The second-order valence-electron chi connectivity index (χ2n) is 4.10. The molecule has 0 heterocycles. The second kappa shape index (κ2) is 6.90. The van der Waals surface area contributed by atoms with Crippen LogP contribution in [0.1, 0.15) is 20.8 Å². The van der Waals surface area contributed by atoms with Gasteiger partial charge in [-0.2, -0.15) is 11.8 Å². The van der Waals surface area contributed by atoms with E-state index in [2.05, 4.69) is 37.3 Å². The zero-order valence-corrected chi connectivity index (χ0v) is 10.9. The molecule has 3 nitrogen and oxygen atoms in total. The van der Waals surface area contributed by atoms with Gasteiger partial charge in [-0.3, -0.25) is 4.79 Å². The van der Waals surface area contributed by atoms with Crippen molar-refractivity contribution in [2.45, 2.75) is 31.6 Å². The normalized spacial score (nSPS) is 13.3. The average molecular weight is 230 g/mol. The topological polar surface area (TPSA) is 41.1 Å². The van der Waals surface area contributed by atoms with Crippen molar-refractivity contribution < 1.29 is 4.79 Å². The van der Waals surface area contributed by atoms with E-state index in [0.717, 1.165) is 6.54 Å². The lowest BCUT2D eigenvalue weighted by molar-refractivity contribution is -0.122. The van der Waals surface area contributed by atoms with Crippen LogP contribution in [0.15, 0.2) is 12.7 Å². The van der Waals surface area contributed by atoms with E-state index in [-0.39, 0.29) is 16.7 Å². The number of nitrogens with one attached hydrogen (secondary N) is 2. The predicted molar refractivity (Wildman–Crippen MR) is 68.3 cm³/mol. The summed E-state index contributed by atoms with van der Waals surface area (Å²) in [7, 11) is 0. The lowest BCUT2D eigenvalue weighted by Gasteiger charge is -2.24. The van der Waals surface area contributed by atoms with Crippen molar-refractivity contribution in [2.75, 3.05) is 19.3 Å². The highest BCUT2D eigenvalue weighted by molar-refractivity contribution is 7.99. The molecule has 1 unspecified atom stereocenters. The number of carbonyl (C=O) groups is 1. The molecule has 4 heteroatoms. The summed E-state index contributed by atoms with van der Waals surface area (Å²) in [6, 6.07) is -0.156. The summed E-state index contributed by atoms with van der Waals surface area (Å²) < 4.78 is 0.160. The Morgan fingerprint density at radius 1 is 1.60 bits per heavy atom. The molecule has 0 aliphatic carbocycles. The molecule has 0 spiro atoms. The van der Waals surface area contributed by atoms with E-state index in [4.69, 9.17) is 0 Å². The summed E-state index contributed by atoms with van der Waals surface area (Å²) in [5, 5.41) is 5.98. The molecule has 15 heavy (non-hydrogen) atoms. The van der Waals surface area contributed by atoms with Gasteiger partial charge in [-0.15, -0.1) is 6.58 Å². The van der Waals surface area contributed by atoms with Crippen LogP contribution in [-0.2, 0) is 4.79 Å². The molecule has 0 aromatic rings. The van der Waals surface area contributed by atoms with Gasteiger partial charge in [0.15, 0.2) is 0 Å². The average Bonchev–Trinajstić information content (AvgIpc) is 2.22. The van der Waals surface area contributed by atoms with Crippen LogP contribution in [0.3, 0.4) is 0 Å². The fourth-order valence-electron chi connectivity index (χ4n) is 0.890. The maximum atomic E-state index is 11.5. The molecule has 0 radical (unpaired) electrons. The monoisotopic (exact) mass is 230 g/mol. The van der Waals surface area contributed by atoms with E-state index in [9.17, 15) is 4.79 Å². The van der Waals surface area contributed by atoms with Crippen LogP contribution >= 0.6 is 11.8 Å². The molecule has 0 saturated heterocycles. The first kappa shape index (κ1) is 14.5. The van der Waals surface area contributed by atoms with Crippen LogP contribution < -0.4 is 10.6 Å². The molecule has 0 fully saturated rings. The van der Waals surface area contributed by atoms with E-state index in [0.29, 0.717) is 6.54 Å². The molecular weight excluding hydrogens is 208 g/mol. The maximum absolute atomic E-state index is 11.5. The minimum Gasteiger partial charge on any atom is -0.351 e. The molecule has 2 N–H and O–H groups in total. The fourth-order valence-corrected chi connectivity index (χ4v) is 1.12. The smallest absolute Gasteiger partial charge is 0.237 e. The Bertz CT molecular complexity index is 217. The molecule has 0 rings (SSSR count). The summed E-state index contributed by atoms with van der Waals surface area (Å²) in [6.45, 7) is 11.1. The van der Waals surface area contributed by atoms with Crippen molar-refractivity contribution in [3.63, 3.8) is 0 Å². The van der Waals surface area contributed by atoms with E-state index in [1.807, 2.05) is 6.92 Å². The van der Waals surface area contributed by atoms with Gasteiger partial charge in [-0.1, -0.05) is 6.08 Å². The molecule has 0 bridgehead atoms. The van der Waals surface area contributed by atoms with Gasteiger partial charge in [-0.05, 0) is 27.0 Å². The van der Waals surface area contributed by atoms with Gasteiger partial charge >= 0.3 is 0 Å². The van der Waals surface area contributed by atoms with Crippen molar-refractivity contribution in [1.82, 2.24) is 10.6 Å². The summed E-state index contributed by atoms with van der Waals surface area (Å²) >= 11 is 1.79. The van der Waals surface area contributed by atoms with Gasteiger partial charge in [0.05, 0.1) is 6.04 Å². The van der Waals surface area contributed by atoms with Crippen molar-refractivity contribution in [3.05, 3.63) is 12.7 Å². The van der Waals surface area contributed by atoms with Crippen LogP contribution in [0, 0.1) is 0 Å². The number of rotatable bonds is 7. The van der Waals surface area contributed by atoms with E-state index in [1.54, 1.807) is 17.8 Å². The summed E-state index contributed by atoms with van der Waals surface area (Å²) in [5.41, 5.74) is 0. The van der Waals surface area contributed by atoms with E-state index < -0.39 is 0 Å². The number of hydrogen-bond donors (Lipinski definition) is 2. The first-order valence-electron chi connectivity index (χ1n) is 5.10. The lowest BCUT2D eigenvalue weighted by atomic mass is 10.2. The quantitative estimate of drug-likeness (QED) is 0.650. The summed E-state index contributed by atoms with van der Waals surface area (Å²) in [6.07, 6.45) is 3.75. The zero-order valence-electron chi connectivity index (χ0n) is 10.1. The van der Waals surface area contributed by atoms with E-state index in [1.165, 1.54) is 0 Å². The summed E-state index contributed by atoms with van der Waals surface area (Å²) in [5.74, 6) is 0.0202.